The largest absolute Gasteiger partial charge is 0.360 e. The van der Waals surface area contributed by atoms with Gasteiger partial charge >= 0.3 is 5.69 Å². The lowest BCUT2D eigenvalue weighted by atomic mass is 10.2. The van der Waals surface area contributed by atoms with E-state index in [0.29, 0.717) is 30.5 Å². The lowest BCUT2D eigenvalue weighted by molar-refractivity contribution is -0.384. The van der Waals surface area contributed by atoms with Gasteiger partial charge in [0.05, 0.1) is 4.92 Å². The SMILES string of the molecule is CCCn1nc(C)c([N+](=O)[O-])c1NC(CN)C1CC1. The molecule has 0 amide bonds. The Balaban J connectivity index is 2.31. The van der Waals surface area contributed by atoms with Crippen LogP contribution in [0.5, 0.6) is 0 Å². The number of rotatable bonds is 7. The summed E-state index contributed by atoms with van der Waals surface area (Å²) in [6, 6.07) is 0.102. The molecular weight excluding hydrogens is 246 g/mol. The van der Waals surface area contributed by atoms with Crippen molar-refractivity contribution in [3.8, 4) is 0 Å². The Morgan fingerprint density at radius 1 is 1.63 bits per heavy atom. The van der Waals surface area contributed by atoms with E-state index < -0.39 is 0 Å². The maximum Gasteiger partial charge on any atom is 0.333 e. The third kappa shape index (κ3) is 2.86. The van der Waals surface area contributed by atoms with Gasteiger partial charge in [-0.1, -0.05) is 6.92 Å². The van der Waals surface area contributed by atoms with E-state index in [4.69, 9.17) is 5.73 Å². The highest BCUT2D eigenvalue weighted by molar-refractivity contribution is 5.60. The summed E-state index contributed by atoms with van der Waals surface area (Å²) in [7, 11) is 0. The van der Waals surface area contributed by atoms with Gasteiger partial charge in [0.25, 0.3) is 0 Å². The number of anilines is 1. The fraction of sp³-hybridized carbons (Fsp3) is 0.750. The number of aromatic nitrogens is 2. The van der Waals surface area contributed by atoms with Crippen molar-refractivity contribution in [1.29, 1.82) is 0 Å². The minimum atomic E-state index is -0.364. The van der Waals surface area contributed by atoms with Gasteiger partial charge in [-0.3, -0.25) is 10.1 Å². The van der Waals surface area contributed by atoms with Crippen molar-refractivity contribution in [2.45, 2.75) is 45.7 Å². The number of aryl methyl sites for hydroxylation is 2. The van der Waals surface area contributed by atoms with E-state index in [-0.39, 0.29) is 16.7 Å². The predicted octanol–water partition coefficient (Wildman–Crippen LogP) is 1.66. The molecule has 106 valence electrons. The average molecular weight is 267 g/mol. The summed E-state index contributed by atoms with van der Waals surface area (Å²) in [4.78, 5) is 10.8. The molecule has 2 rings (SSSR count). The molecule has 1 saturated carbocycles. The Hall–Kier alpha value is -1.63. The maximum atomic E-state index is 11.2. The van der Waals surface area contributed by atoms with E-state index in [1.54, 1.807) is 11.6 Å². The zero-order valence-corrected chi connectivity index (χ0v) is 11.4. The minimum absolute atomic E-state index is 0.0764. The third-order valence-electron chi connectivity index (χ3n) is 3.48. The van der Waals surface area contributed by atoms with Crippen molar-refractivity contribution < 1.29 is 4.92 Å². The van der Waals surface area contributed by atoms with Crippen LogP contribution in [0.25, 0.3) is 0 Å². The normalized spacial score (nSPS) is 16.4. The molecule has 1 fully saturated rings. The van der Waals surface area contributed by atoms with Crippen LogP contribution in [-0.4, -0.2) is 27.3 Å². The molecule has 1 aliphatic carbocycles. The molecule has 1 unspecified atom stereocenters. The van der Waals surface area contributed by atoms with Crippen LogP contribution in [0.4, 0.5) is 11.5 Å². The molecule has 1 heterocycles. The zero-order chi connectivity index (χ0) is 14.0. The lowest BCUT2D eigenvalue weighted by Crippen LogP contribution is -2.32. The molecule has 1 aromatic heterocycles. The van der Waals surface area contributed by atoms with Crippen LogP contribution in [0.2, 0.25) is 0 Å². The summed E-state index contributed by atoms with van der Waals surface area (Å²) in [5, 5.41) is 18.7. The average Bonchev–Trinajstić information content (AvgIpc) is 3.13. The monoisotopic (exact) mass is 267 g/mol. The smallest absolute Gasteiger partial charge is 0.333 e. The number of hydrogen-bond acceptors (Lipinski definition) is 5. The number of hydrogen-bond donors (Lipinski definition) is 2. The second-order valence-electron chi connectivity index (χ2n) is 5.09. The van der Waals surface area contributed by atoms with Crippen LogP contribution >= 0.6 is 0 Å². The van der Waals surface area contributed by atoms with Crippen LogP contribution in [0.1, 0.15) is 31.9 Å². The molecule has 0 aromatic carbocycles. The van der Waals surface area contributed by atoms with Gasteiger partial charge in [0.1, 0.15) is 5.69 Å². The van der Waals surface area contributed by atoms with Gasteiger partial charge < -0.3 is 11.1 Å². The molecule has 7 heteroatoms. The number of nitrogens with two attached hydrogens (primary N) is 1. The van der Waals surface area contributed by atoms with Crippen molar-refractivity contribution in [2.75, 3.05) is 11.9 Å². The lowest BCUT2D eigenvalue weighted by Gasteiger charge is -2.17. The van der Waals surface area contributed by atoms with Crippen LogP contribution in [0, 0.1) is 23.0 Å². The molecule has 19 heavy (non-hydrogen) atoms. The van der Waals surface area contributed by atoms with Gasteiger partial charge in [0.15, 0.2) is 0 Å². The highest BCUT2D eigenvalue weighted by Crippen LogP contribution is 2.36. The van der Waals surface area contributed by atoms with Gasteiger partial charge in [0, 0.05) is 19.1 Å². The van der Waals surface area contributed by atoms with Crippen molar-refractivity contribution in [3.05, 3.63) is 15.8 Å². The van der Waals surface area contributed by atoms with Crippen LogP contribution in [0.15, 0.2) is 0 Å². The first kappa shape index (κ1) is 13.8. The first-order chi connectivity index (χ1) is 9.08. The Morgan fingerprint density at radius 2 is 2.32 bits per heavy atom. The predicted molar refractivity (Wildman–Crippen MR) is 73.1 cm³/mol. The van der Waals surface area contributed by atoms with E-state index in [0.717, 1.165) is 19.3 Å². The van der Waals surface area contributed by atoms with Gasteiger partial charge in [-0.05, 0) is 32.1 Å². The Morgan fingerprint density at radius 3 is 2.79 bits per heavy atom. The molecule has 1 atom stereocenters. The molecule has 3 N–H and O–H groups in total. The molecule has 0 saturated heterocycles. The van der Waals surface area contributed by atoms with Gasteiger partial charge in [-0.2, -0.15) is 5.10 Å². The van der Waals surface area contributed by atoms with Crippen LogP contribution in [-0.2, 0) is 6.54 Å². The second kappa shape index (κ2) is 5.56. The third-order valence-corrected chi connectivity index (χ3v) is 3.48. The molecule has 0 aliphatic heterocycles. The standard InChI is InChI=1S/C12H21N5O2/c1-3-6-16-12(11(17(18)19)8(2)15-16)14-10(7-13)9-4-5-9/h9-10,14H,3-7,13H2,1-2H3. The maximum absolute atomic E-state index is 11.2. The zero-order valence-electron chi connectivity index (χ0n) is 11.4. The minimum Gasteiger partial charge on any atom is -0.360 e. The molecular formula is C12H21N5O2. The molecule has 7 nitrogen and oxygen atoms in total. The van der Waals surface area contributed by atoms with E-state index in [2.05, 4.69) is 10.4 Å². The Bertz CT molecular complexity index is 467. The topological polar surface area (TPSA) is 99.0 Å². The van der Waals surface area contributed by atoms with E-state index in [1.807, 2.05) is 6.92 Å². The first-order valence-corrected chi connectivity index (χ1v) is 6.76. The second-order valence-corrected chi connectivity index (χ2v) is 5.09. The van der Waals surface area contributed by atoms with Crippen LogP contribution in [0.3, 0.4) is 0 Å². The molecule has 1 aliphatic rings. The Labute approximate surface area is 112 Å². The Kier molecular flexibility index (Phi) is 4.04. The number of nitrogens with one attached hydrogen (secondary N) is 1. The summed E-state index contributed by atoms with van der Waals surface area (Å²) in [5.41, 5.74) is 6.28. The number of nitrogens with zero attached hydrogens (tertiary/aromatic N) is 3. The van der Waals surface area contributed by atoms with Crippen molar-refractivity contribution in [3.63, 3.8) is 0 Å². The number of nitro groups is 1. The van der Waals surface area contributed by atoms with Gasteiger partial charge in [-0.25, -0.2) is 4.68 Å². The van der Waals surface area contributed by atoms with Crippen molar-refractivity contribution in [1.82, 2.24) is 9.78 Å². The van der Waals surface area contributed by atoms with E-state index >= 15 is 0 Å². The fourth-order valence-electron chi connectivity index (χ4n) is 2.35. The van der Waals surface area contributed by atoms with Crippen molar-refractivity contribution in [2.24, 2.45) is 11.7 Å². The summed E-state index contributed by atoms with van der Waals surface area (Å²) in [5.74, 6) is 1.04. The van der Waals surface area contributed by atoms with Crippen molar-refractivity contribution >= 4 is 11.5 Å². The highest BCUT2D eigenvalue weighted by Gasteiger charge is 2.34. The summed E-state index contributed by atoms with van der Waals surface area (Å²) in [6.45, 7) is 4.84. The quantitative estimate of drug-likeness (QED) is 0.578. The van der Waals surface area contributed by atoms with Gasteiger partial charge in [0.2, 0.25) is 5.82 Å². The molecule has 0 spiro atoms. The van der Waals surface area contributed by atoms with E-state index in [9.17, 15) is 10.1 Å². The summed E-state index contributed by atoms with van der Waals surface area (Å²) >= 11 is 0. The fourth-order valence-corrected chi connectivity index (χ4v) is 2.35. The first-order valence-electron chi connectivity index (χ1n) is 6.76. The summed E-state index contributed by atoms with van der Waals surface area (Å²) < 4.78 is 1.69. The van der Waals surface area contributed by atoms with Gasteiger partial charge in [-0.15, -0.1) is 0 Å². The van der Waals surface area contributed by atoms with E-state index in [1.165, 1.54) is 0 Å². The highest BCUT2D eigenvalue weighted by atomic mass is 16.6. The van der Waals surface area contributed by atoms with Crippen LogP contribution < -0.4 is 11.1 Å². The molecule has 0 radical (unpaired) electrons. The summed E-state index contributed by atoms with van der Waals surface area (Å²) in [6.07, 6.45) is 3.16. The molecule has 0 bridgehead atoms. The molecule has 1 aromatic rings.